The summed E-state index contributed by atoms with van der Waals surface area (Å²) in [7, 11) is 1.81. The van der Waals surface area contributed by atoms with Crippen LogP contribution in [-0.4, -0.2) is 67.1 Å². The molecule has 0 aliphatic carbocycles. The first-order chi connectivity index (χ1) is 10.1. The first-order valence-corrected chi connectivity index (χ1v) is 6.94. The lowest BCUT2D eigenvalue weighted by atomic mass is 10.2. The van der Waals surface area contributed by atoms with Crippen LogP contribution >= 0.6 is 0 Å². The first kappa shape index (κ1) is 17.4. The second kappa shape index (κ2) is 9.33. The monoisotopic (exact) mass is 297 g/mol. The van der Waals surface area contributed by atoms with Crippen LogP contribution in [0.1, 0.15) is 17.3 Å². The van der Waals surface area contributed by atoms with Gasteiger partial charge in [-0.2, -0.15) is 0 Å². The molecule has 0 amide bonds. The smallest absolute Gasteiger partial charge is 0.338 e. The third kappa shape index (κ3) is 6.57. The van der Waals surface area contributed by atoms with Crippen LogP contribution < -0.4 is 4.74 Å². The number of hydrogen-bond donors (Lipinski definition) is 2. The maximum atomic E-state index is 11.5. The van der Waals surface area contributed by atoms with Gasteiger partial charge in [-0.05, 0) is 38.2 Å². The molecular formula is C15H23NO5. The van der Waals surface area contributed by atoms with E-state index in [4.69, 9.17) is 14.6 Å². The molecule has 6 heteroatoms. The normalized spacial score (nSPS) is 12.2. The van der Waals surface area contributed by atoms with Crippen LogP contribution in [0.3, 0.4) is 0 Å². The van der Waals surface area contributed by atoms with E-state index in [1.807, 2.05) is 11.9 Å². The van der Waals surface area contributed by atoms with Crippen molar-refractivity contribution in [3.63, 3.8) is 0 Å². The van der Waals surface area contributed by atoms with Crippen molar-refractivity contribution in [3.05, 3.63) is 29.8 Å². The summed E-state index contributed by atoms with van der Waals surface area (Å²) < 4.78 is 10.3. The van der Waals surface area contributed by atoms with Gasteiger partial charge in [-0.15, -0.1) is 0 Å². The minimum Gasteiger partial charge on any atom is -0.491 e. The third-order valence-corrected chi connectivity index (χ3v) is 2.81. The number of hydrogen-bond acceptors (Lipinski definition) is 6. The Hall–Kier alpha value is -1.63. The van der Waals surface area contributed by atoms with Crippen LogP contribution in [0.15, 0.2) is 24.3 Å². The number of ether oxygens (including phenoxy) is 2. The molecule has 0 aliphatic rings. The lowest BCUT2D eigenvalue weighted by molar-refractivity contribution is 0.0525. The summed E-state index contributed by atoms with van der Waals surface area (Å²) in [5, 5.41) is 18.6. The largest absolute Gasteiger partial charge is 0.491 e. The van der Waals surface area contributed by atoms with Crippen molar-refractivity contribution in [3.8, 4) is 5.75 Å². The Morgan fingerprint density at radius 3 is 2.57 bits per heavy atom. The van der Waals surface area contributed by atoms with Crippen LogP contribution in [0.5, 0.6) is 5.75 Å². The average Bonchev–Trinajstić information content (AvgIpc) is 2.46. The maximum Gasteiger partial charge on any atom is 0.338 e. The first-order valence-electron chi connectivity index (χ1n) is 6.94. The summed E-state index contributed by atoms with van der Waals surface area (Å²) in [6.45, 7) is 3.22. The summed E-state index contributed by atoms with van der Waals surface area (Å²) in [6, 6.07) is 6.57. The predicted molar refractivity (Wildman–Crippen MR) is 78.5 cm³/mol. The fourth-order valence-corrected chi connectivity index (χ4v) is 1.77. The molecule has 0 saturated carbocycles. The van der Waals surface area contributed by atoms with E-state index in [0.29, 0.717) is 31.0 Å². The van der Waals surface area contributed by atoms with Crippen molar-refractivity contribution in [2.45, 2.75) is 13.0 Å². The van der Waals surface area contributed by atoms with E-state index < -0.39 is 6.10 Å². The molecule has 21 heavy (non-hydrogen) atoms. The minimum absolute atomic E-state index is 0.0550. The maximum absolute atomic E-state index is 11.5. The zero-order chi connectivity index (χ0) is 15.7. The van der Waals surface area contributed by atoms with E-state index in [1.54, 1.807) is 31.2 Å². The molecule has 1 aromatic rings. The van der Waals surface area contributed by atoms with Gasteiger partial charge in [-0.1, -0.05) is 0 Å². The summed E-state index contributed by atoms with van der Waals surface area (Å²) in [4.78, 5) is 13.3. The number of benzene rings is 1. The zero-order valence-corrected chi connectivity index (χ0v) is 12.5. The second-order valence-electron chi connectivity index (χ2n) is 4.70. The standard InChI is InChI=1S/C15H23NO5/c1-3-20-15(19)12-4-6-14(7-5-12)21-11-13(18)10-16(2)8-9-17/h4-7,13,17-18H,3,8-11H2,1-2H3/t13-/m0/s1. The summed E-state index contributed by atoms with van der Waals surface area (Å²) in [5.41, 5.74) is 0.465. The topological polar surface area (TPSA) is 79.2 Å². The molecule has 1 atom stereocenters. The van der Waals surface area contributed by atoms with Gasteiger partial charge < -0.3 is 24.6 Å². The molecular weight excluding hydrogens is 274 g/mol. The van der Waals surface area contributed by atoms with Crippen LogP contribution in [0.25, 0.3) is 0 Å². The molecule has 0 radical (unpaired) electrons. The fourth-order valence-electron chi connectivity index (χ4n) is 1.77. The molecule has 0 aromatic heterocycles. The number of nitrogens with zero attached hydrogens (tertiary/aromatic N) is 1. The van der Waals surface area contributed by atoms with Crippen LogP contribution in [0.2, 0.25) is 0 Å². The van der Waals surface area contributed by atoms with E-state index in [9.17, 15) is 9.90 Å². The molecule has 6 nitrogen and oxygen atoms in total. The Balaban J connectivity index is 2.40. The molecule has 0 fully saturated rings. The molecule has 0 bridgehead atoms. The van der Waals surface area contributed by atoms with Gasteiger partial charge >= 0.3 is 5.97 Å². The molecule has 0 aliphatic heterocycles. The van der Waals surface area contributed by atoms with Crippen LogP contribution in [-0.2, 0) is 4.74 Å². The third-order valence-electron chi connectivity index (χ3n) is 2.81. The number of carbonyl (C=O) groups is 1. The Bertz CT molecular complexity index is 421. The van der Waals surface area contributed by atoms with Gasteiger partial charge in [0, 0.05) is 13.1 Å². The fraction of sp³-hybridized carbons (Fsp3) is 0.533. The lowest BCUT2D eigenvalue weighted by Gasteiger charge is -2.19. The Morgan fingerprint density at radius 1 is 1.33 bits per heavy atom. The zero-order valence-electron chi connectivity index (χ0n) is 12.5. The van der Waals surface area contributed by atoms with Gasteiger partial charge in [-0.3, -0.25) is 0 Å². The lowest BCUT2D eigenvalue weighted by Crippen LogP contribution is -2.34. The van der Waals surface area contributed by atoms with Gasteiger partial charge in [-0.25, -0.2) is 4.79 Å². The molecule has 0 unspecified atom stereocenters. The predicted octanol–water partition coefficient (Wildman–Crippen LogP) is 0.527. The van der Waals surface area contributed by atoms with Gasteiger partial charge in [0.1, 0.15) is 18.5 Å². The average molecular weight is 297 g/mol. The molecule has 118 valence electrons. The van der Waals surface area contributed by atoms with Crippen molar-refractivity contribution in [2.24, 2.45) is 0 Å². The van der Waals surface area contributed by atoms with Crippen molar-refractivity contribution >= 4 is 5.97 Å². The van der Waals surface area contributed by atoms with Gasteiger partial charge in [0.25, 0.3) is 0 Å². The molecule has 1 rings (SSSR count). The van der Waals surface area contributed by atoms with E-state index in [2.05, 4.69) is 0 Å². The summed E-state index contributed by atoms with van der Waals surface area (Å²) in [5.74, 6) is 0.210. The second-order valence-corrected chi connectivity index (χ2v) is 4.70. The SMILES string of the molecule is CCOC(=O)c1ccc(OC[C@@H](O)CN(C)CCO)cc1. The Morgan fingerprint density at radius 2 is 2.00 bits per heavy atom. The Labute approximate surface area is 124 Å². The van der Waals surface area contributed by atoms with E-state index in [0.717, 1.165) is 0 Å². The van der Waals surface area contributed by atoms with Crippen molar-refractivity contribution in [2.75, 3.05) is 40.0 Å². The number of carbonyl (C=O) groups excluding carboxylic acids is 1. The van der Waals surface area contributed by atoms with E-state index >= 15 is 0 Å². The molecule has 1 aromatic carbocycles. The number of esters is 1. The number of likely N-dealkylation sites (N-methyl/N-ethyl adjacent to an activating group) is 1. The number of rotatable bonds is 9. The molecule has 2 N–H and O–H groups in total. The van der Waals surface area contributed by atoms with Gasteiger partial charge in [0.15, 0.2) is 0 Å². The number of aliphatic hydroxyl groups is 2. The molecule has 0 spiro atoms. The van der Waals surface area contributed by atoms with Crippen molar-refractivity contribution < 1.29 is 24.5 Å². The van der Waals surface area contributed by atoms with Crippen LogP contribution in [0.4, 0.5) is 0 Å². The summed E-state index contributed by atoms with van der Waals surface area (Å²) >= 11 is 0. The highest BCUT2D eigenvalue weighted by Crippen LogP contribution is 2.13. The van der Waals surface area contributed by atoms with Gasteiger partial charge in [0.2, 0.25) is 0 Å². The highest BCUT2D eigenvalue weighted by atomic mass is 16.5. The van der Waals surface area contributed by atoms with Crippen molar-refractivity contribution in [1.82, 2.24) is 4.90 Å². The summed E-state index contributed by atoms with van der Waals surface area (Å²) in [6.07, 6.45) is -0.647. The van der Waals surface area contributed by atoms with E-state index in [-0.39, 0.29) is 19.2 Å². The minimum atomic E-state index is -0.647. The van der Waals surface area contributed by atoms with Crippen molar-refractivity contribution in [1.29, 1.82) is 0 Å². The quantitative estimate of drug-likeness (QED) is 0.647. The Kier molecular flexibility index (Phi) is 7.74. The highest BCUT2D eigenvalue weighted by molar-refractivity contribution is 5.89. The number of aliphatic hydroxyl groups excluding tert-OH is 2. The van der Waals surface area contributed by atoms with E-state index in [1.165, 1.54) is 0 Å². The molecule has 0 heterocycles. The van der Waals surface area contributed by atoms with Crippen LogP contribution in [0, 0.1) is 0 Å². The van der Waals surface area contributed by atoms with Gasteiger partial charge in [0.05, 0.1) is 18.8 Å². The molecule has 0 saturated heterocycles. The highest BCUT2D eigenvalue weighted by Gasteiger charge is 2.10.